The predicted molar refractivity (Wildman–Crippen MR) is 99.0 cm³/mol. The van der Waals surface area contributed by atoms with E-state index in [0.29, 0.717) is 6.54 Å². The highest BCUT2D eigenvalue weighted by Gasteiger charge is 2.36. The molecule has 146 valence electrons. The molecule has 1 aromatic rings. The van der Waals surface area contributed by atoms with Crippen molar-refractivity contribution in [1.82, 2.24) is 10.6 Å². The molecule has 1 heterocycles. The molecule has 0 bridgehead atoms. The van der Waals surface area contributed by atoms with E-state index < -0.39 is 30.4 Å². The lowest BCUT2D eigenvalue weighted by molar-refractivity contribution is -0.152. The first-order chi connectivity index (χ1) is 12.8. The van der Waals surface area contributed by atoms with Crippen molar-refractivity contribution >= 4 is 29.5 Å². The molecule has 1 fully saturated rings. The summed E-state index contributed by atoms with van der Waals surface area (Å²) in [5.41, 5.74) is 1.80. The van der Waals surface area contributed by atoms with Gasteiger partial charge in [0.15, 0.2) is 6.61 Å². The molecule has 0 saturated carbocycles. The average Bonchev–Trinajstić information content (AvgIpc) is 3.00. The van der Waals surface area contributed by atoms with Crippen LogP contribution < -0.4 is 15.5 Å². The van der Waals surface area contributed by atoms with Gasteiger partial charge in [-0.15, -0.1) is 0 Å². The van der Waals surface area contributed by atoms with Gasteiger partial charge >= 0.3 is 12.0 Å². The molecule has 0 unspecified atom stereocenters. The van der Waals surface area contributed by atoms with Crippen molar-refractivity contribution < 1.29 is 23.9 Å². The lowest BCUT2D eigenvalue weighted by Crippen LogP contribution is -2.42. The van der Waals surface area contributed by atoms with Crippen LogP contribution in [0.3, 0.4) is 0 Å². The number of imide groups is 1. The van der Waals surface area contributed by atoms with Gasteiger partial charge in [0.2, 0.25) is 5.91 Å². The number of nitrogens with one attached hydrogen (secondary N) is 2. The molecule has 1 aliphatic rings. The first-order valence-corrected chi connectivity index (χ1v) is 8.87. The molecule has 27 heavy (non-hydrogen) atoms. The molecule has 0 aliphatic carbocycles. The van der Waals surface area contributed by atoms with Crippen LogP contribution >= 0.6 is 0 Å². The molecule has 8 heteroatoms. The summed E-state index contributed by atoms with van der Waals surface area (Å²) in [6.07, 6.45) is 0.0310. The zero-order chi connectivity index (χ0) is 20.0. The Morgan fingerprint density at radius 2 is 1.89 bits per heavy atom. The Morgan fingerprint density at radius 3 is 2.52 bits per heavy atom. The Bertz CT molecular complexity index is 715. The number of aryl methyl sites for hydroxylation is 1. The predicted octanol–water partition coefficient (Wildman–Crippen LogP) is 1.37. The number of hydrogen-bond acceptors (Lipinski definition) is 5. The SMILES string of the molecule is Cc1ccc(N2C[C@H](C(=O)OCC(=O)NC(=O)NCC(C)C)CC2=O)cc1. The molecule has 8 nitrogen and oxygen atoms in total. The number of urea groups is 1. The topological polar surface area (TPSA) is 105 Å². The maximum atomic E-state index is 12.2. The molecule has 1 aromatic carbocycles. The lowest BCUT2D eigenvalue weighted by Gasteiger charge is -2.16. The fourth-order valence-electron chi connectivity index (χ4n) is 2.60. The van der Waals surface area contributed by atoms with Crippen LogP contribution in [0.1, 0.15) is 25.8 Å². The second-order valence-corrected chi connectivity index (χ2v) is 7.00. The fourth-order valence-corrected chi connectivity index (χ4v) is 2.60. The van der Waals surface area contributed by atoms with Crippen molar-refractivity contribution in [2.75, 3.05) is 24.6 Å². The minimum atomic E-state index is -0.718. The van der Waals surface area contributed by atoms with Gasteiger partial charge in [-0.1, -0.05) is 31.5 Å². The van der Waals surface area contributed by atoms with Crippen molar-refractivity contribution in [3.8, 4) is 0 Å². The van der Waals surface area contributed by atoms with Crippen LogP contribution in [-0.4, -0.2) is 43.5 Å². The van der Waals surface area contributed by atoms with Crippen LogP contribution in [0.25, 0.3) is 0 Å². The summed E-state index contributed by atoms with van der Waals surface area (Å²) in [6.45, 7) is 5.86. The Hall–Kier alpha value is -2.90. The molecule has 1 aliphatic heterocycles. The average molecular weight is 375 g/mol. The van der Waals surface area contributed by atoms with Gasteiger partial charge in [0.1, 0.15) is 0 Å². The zero-order valence-corrected chi connectivity index (χ0v) is 15.8. The van der Waals surface area contributed by atoms with E-state index in [2.05, 4.69) is 10.6 Å². The summed E-state index contributed by atoms with van der Waals surface area (Å²) >= 11 is 0. The highest BCUT2D eigenvalue weighted by atomic mass is 16.5. The number of ether oxygens (including phenoxy) is 1. The van der Waals surface area contributed by atoms with Gasteiger partial charge in [-0.25, -0.2) is 4.79 Å². The molecular weight excluding hydrogens is 350 g/mol. The van der Waals surface area contributed by atoms with E-state index in [1.54, 1.807) is 0 Å². The normalized spacial score (nSPS) is 16.4. The van der Waals surface area contributed by atoms with Crippen molar-refractivity contribution in [2.24, 2.45) is 11.8 Å². The number of carbonyl (C=O) groups excluding carboxylic acids is 4. The van der Waals surface area contributed by atoms with Crippen LogP contribution in [0.2, 0.25) is 0 Å². The number of rotatable bonds is 6. The largest absolute Gasteiger partial charge is 0.455 e. The summed E-state index contributed by atoms with van der Waals surface area (Å²) in [5, 5.41) is 4.61. The van der Waals surface area contributed by atoms with E-state index in [-0.39, 0.29) is 24.8 Å². The lowest BCUT2D eigenvalue weighted by atomic mass is 10.1. The van der Waals surface area contributed by atoms with Crippen molar-refractivity contribution in [3.05, 3.63) is 29.8 Å². The van der Waals surface area contributed by atoms with Gasteiger partial charge in [0.05, 0.1) is 5.92 Å². The molecular formula is C19H25N3O5. The van der Waals surface area contributed by atoms with Crippen LogP contribution in [-0.2, 0) is 19.1 Å². The van der Waals surface area contributed by atoms with Gasteiger partial charge in [0.25, 0.3) is 5.91 Å². The van der Waals surface area contributed by atoms with Gasteiger partial charge in [-0.3, -0.25) is 19.7 Å². The molecule has 1 atom stereocenters. The maximum Gasteiger partial charge on any atom is 0.321 e. The van der Waals surface area contributed by atoms with E-state index in [0.717, 1.165) is 11.3 Å². The van der Waals surface area contributed by atoms with Crippen LogP contribution in [0.15, 0.2) is 24.3 Å². The zero-order valence-electron chi connectivity index (χ0n) is 15.8. The number of carbonyl (C=O) groups is 4. The second-order valence-electron chi connectivity index (χ2n) is 7.00. The third-order valence-corrected chi connectivity index (χ3v) is 4.07. The number of anilines is 1. The van der Waals surface area contributed by atoms with Crippen molar-refractivity contribution in [2.45, 2.75) is 27.2 Å². The van der Waals surface area contributed by atoms with Crippen LogP contribution in [0.4, 0.5) is 10.5 Å². The van der Waals surface area contributed by atoms with E-state index in [1.807, 2.05) is 45.0 Å². The van der Waals surface area contributed by atoms with Crippen molar-refractivity contribution in [3.63, 3.8) is 0 Å². The number of esters is 1. The number of benzene rings is 1. The minimum Gasteiger partial charge on any atom is -0.455 e. The first kappa shape index (κ1) is 20.4. The third-order valence-electron chi connectivity index (χ3n) is 4.07. The van der Waals surface area contributed by atoms with Crippen LogP contribution in [0.5, 0.6) is 0 Å². The third kappa shape index (κ3) is 6.09. The second kappa shape index (κ2) is 9.16. The van der Waals surface area contributed by atoms with Gasteiger partial charge in [-0.05, 0) is 25.0 Å². The van der Waals surface area contributed by atoms with E-state index in [9.17, 15) is 19.2 Å². The molecule has 0 aromatic heterocycles. The molecule has 4 amide bonds. The van der Waals surface area contributed by atoms with Crippen molar-refractivity contribution in [1.29, 1.82) is 0 Å². The summed E-state index contributed by atoms with van der Waals surface area (Å²) in [5.74, 6) is -1.90. The summed E-state index contributed by atoms with van der Waals surface area (Å²) in [6, 6.07) is 6.80. The monoisotopic (exact) mass is 375 g/mol. The minimum absolute atomic E-state index is 0.0310. The highest BCUT2D eigenvalue weighted by molar-refractivity contribution is 6.00. The van der Waals surface area contributed by atoms with Crippen LogP contribution in [0, 0.1) is 18.8 Å². The maximum absolute atomic E-state index is 12.2. The number of nitrogens with zero attached hydrogens (tertiary/aromatic N) is 1. The summed E-state index contributed by atoms with van der Waals surface area (Å²) in [4.78, 5) is 49.0. The quantitative estimate of drug-likeness (QED) is 0.731. The van der Waals surface area contributed by atoms with E-state index in [1.165, 1.54) is 4.90 Å². The number of hydrogen-bond donors (Lipinski definition) is 2. The standard InChI is InChI=1S/C19H25N3O5/c1-12(2)9-20-19(26)21-16(23)11-27-18(25)14-8-17(24)22(10-14)15-6-4-13(3)5-7-15/h4-7,12,14H,8-11H2,1-3H3,(H2,20,21,23,26)/t14-/m1/s1. The van der Waals surface area contributed by atoms with Gasteiger partial charge < -0.3 is 15.0 Å². The van der Waals surface area contributed by atoms with Gasteiger partial charge in [-0.2, -0.15) is 0 Å². The molecule has 2 N–H and O–H groups in total. The fraction of sp³-hybridized carbons (Fsp3) is 0.474. The molecule has 1 saturated heterocycles. The Morgan fingerprint density at radius 1 is 1.22 bits per heavy atom. The van der Waals surface area contributed by atoms with E-state index >= 15 is 0 Å². The molecule has 0 radical (unpaired) electrons. The molecule has 0 spiro atoms. The highest BCUT2D eigenvalue weighted by Crippen LogP contribution is 2.26. The van der Waals surface area contributed by atoms with Gasteiger partial charge in [0, 0.05) is 25.2 Å². The first-order valence-electron chi connectivity index (χ1n) is 8.87. The summed E-state index contributed by atoms with van der Waals surface area (Å²) < 4.78 is 4.96. The number of amides is 4. The Balaban J connectivity index is 1.79. The molecule has 2 rings (SSSR count). The van der Waals surface area contributed by atoms with E-state index in [4.69, 9.17) is 4.74 Å². The Labute approximate surface area is 158 Å². The Kier molecular flexibility index (Phi) is 6.92. The smallest absolute Gasteiger partial charge is 0.321 e. The summed E-state index contributed by atoms with van der Waals surface area (Å²) in [7, 11) is 0.